The Labute approximate surface area is 100 Å². The van der Waals surface area contributed by atoms with Crippen LogP contribution in [0, 0.1) is 0 Å². The van der Waals surface area contributed by atoms with Gasteiger partial charge in [0.15, 0.2) is 0 Å². The van der Waals surface area contributed by atoms with E-state index in [-0.39, 0.29) is 18.2 Å². The second-order valence-electron chi connectivity index (χ2n) is 3.15. The molecule has 0 aromatic heterocycles. The molecule has 1 atom stereocenters. The van der Waals surface area contributed by atoms with Gasteiger partial charge >= 0.3 is 0 Å². The van der Waals surface area contributed by atoms with Gasteiger partial charge in [0.25, 0.3) is 0 Å². The number of phenolic OH excluding ortho intramolecular Hbond substituents is 1. The van der Waals surface area contributed by atoms with Crippen LogP contribution in [0.3, 0.4) is 0 Å². The molecule has 0 unspecified atom stereocenters. The van der Waals surface area contributed by atoms with Crippen molar-refractivity contribution in [1.82, 2.24) is 0 Å². The average Bonchev–Trinajstić information content (AvgIpc) is 2.21. The Morgan fingerprint density at radius 2 is 2.19 bits per heavy atom. The molecule has 16 heavy (non-hydrogen) atoms. The number of rotatable bonds is 4. The fourth-order valence-corrected chi connectivity index (χ4v) is 1.06. The topological polar surface area (TPSA) is 84.6 Å². The predicted molar refractivity (Wildman–Crippen MR) is 64.2 cm³/mol. The summed E-state index contributed by atoms with van der Waals surface area (Å²) in [6.45, 7) is 1.61. The third-order valence-electron chi connectivity index (χ3n) is 2.00. The number of benzene rings is 1. The van der Waals surface area contributed by atoms with Crippen LogP contribution in [0.2, 0.25) is 0 Å². The maximum Gasteiger partial charge on any atom is 0.239 e. The number of primary amides is 1. The molecule has 90 valence electrons. The molecular formula is C10H15ClN2O3. The van der Waals surface area contributed by atoms with E-state index < -0.39 is 11.9 Å². The van der Waals surface area contributed by atoms with E-state index in [0.29, 0.717) is 11.4 Å². The number of anilines is 1. The lowest BCUT2D eigenvalue weighted by Crippen LogP contribution is -2.32. The molecule has 0 heterocycles. The van der Waals surface area contributed by atoms with Gasteiger partial charge in [-0.15, -0.1) is 12.4 Å². The van der Waals surface area contributed by atoms with E-state index in [0.717, 1.165) is 0 Å². The van der Waals surface area contributed by atoms with Gasteiger partial charge in [-0.25, -0.2) is 0 Å². The first-order chi connectivity index (χ1) is 7.04. The Morgan fingerprint density at radius 3 is 2.69 bits per heavy atom. The summed E-state index contributed by atoms with van der Waals surface area (Å²) in [5.74, 6) is 0.146. The van der Waals surface area contributed by atoms with Gasteiger partial charge in [0.05, 0.1) is 12.8 Å². The number of aromatic hydroxyl groups is 1. The van der Waals surface area contributed by atoms with Gasteiger partial charge in [-0.1, -0.05) is 0 Å². The highest BCUT2D eigenvalue weighted by Gasteiger charge is 2.11. The third kappa shape index (κ3) is 3.51. The first-order valence-corrected chi connectivity index (χ1v) is 4.47. The number of hydrogen-bond acceptors (Lipinski definition) is 4. The molecule has 1 aromatic rings. The molecule has 6 heteroatoms. The lowest BCUT2D eigenvalue weighted by atomic mass is 10.2. The van der Waals surface area contributed by atoms with Crippen molar-refractivity contribution in [2.75, 3.05) is 12.4 Å². The molecule has 0 aliphatic carbocycles. The molecule has 0 bridgehead atoms. The van der Waals surface area contributed by atoms with Crippen molar-refractivity contribution < 1.29 is 14.6 Å². The van der Waals surface area contributed by atoms with E-state index >= 15 is 0 Å². The minimum absolute atomic E-state index is 0. The van der Waals surface area contributed by atoms with Crippen LogP contribution in [0.4, 0.5) is 5.69 Å². The van der Waals surface area contributed by atoms with Crippen molar-refractivity contribution in [2.45, 2.75) is 13.0 Å². The van der Waals surface area contributed by atoms with Gasteiger partial charge in [-0.05, 0) is 19.1 Å². The first-order valence-electron chi connectivity index (χ1n) is 4.47. The fourth-order valence-electron chi connectivity index (χ4n) is 1.06. The molecule has 0 spiro atoms. The molecule has 4 N–H and O–H groups in total. The zero-order valence-corrected chi connectivity index (χ0v) is 9.88. The Morgan fingerprint density at radius 1 is 1.56 bits per heavy atom. The van der Waals surface area contributed by atoms with Gasteiger partial charge in [0.1, 0.15) is 17.5 Å². The van der Waals surface area contributed by atoms with Gasteiger partial charge in [0.2, 0.25) is 5.91 Å². The quantitative estimate of drug-likeness (QED) is 0.695. The highest BCUT2D eigenvalue weighted by molar-refractivity contribution is 5.85. The average molecular weight is 247 g/mol. The monoisotopic (exact) mass is 246 g/mol. The van der Waals surface area contributed by atoms with E-state index in [1.165, 1.54) is 13.2 Å². The van der Waals surface area contributed by atoms with E-state index in [1.54, 1.807) is 19.1 Å². The Balaban J connectivity index is 0.00000225. The van der Waals surface area contributed by atoms with Crippen LogP contribution in [0.15, 0.2) is 18.2 Å². The summed E-state index contributed by atoms with van der Waals surface area (Å²) in [4.78, 5) is 10.8. The summed E-state index contributed by atoms with van der Waals surface area (Å²) in [6, 6.07) is 4.14. The van der Waals surface area contributed by atoms with E-state index in [9.17, 15) is 9.90 Å². The zero-order valence-electron chi connectivity index (χ0n) is 9.06. The van der Waals surface area contributed by atoms with E-state index in [2.05, 4.69) is 5.32 Å². The normalized spacial score (nSPS) is 11.1. The maximum atomic E-state index is 10.8. The minimum Gasteiger partial charge on any atom is -0.506 e. The Hall–Kier alpha value is -1.62. The lowest BCUT2D eigenvalue weighted by Gasteiger charge is -2.13. The molecule has 1 aromatic carbocycles. The Kier molecular flexibility index (Phi) is 5.46. The van der Waals surface area contributed by atoms with Crippen LogP contribution < -0.4 is 15.8 Å². The van der Waals surface area contributed by atoms with Gasteiger partial charge in [-0.2, -0.15) is 0 Å². The van der Waals surface area contributed by atoms with E-state index in [1.807, 2.05) is 0 Å². The van der Waals surface area contributed by atoms with Crippen LogP contribution >= 0.6 is 12.4 Å². The lowest BCUT2D eigenvalue weighted by molar-refractivity contribution is -0.118. The molecule has 1 rings (SSSR count). The number of methoxy groups -OCH3 is 1. The number of carbonyl (C=O) groups excluding carboxylic acids is 1. The first kappa shape index (κ1) is 14.4. The number of hydrogen-bond donors (Lipinski definition) is 3. The number of carbonyl (C=O) groups is 1. The second-order valence-corrected chi connectivity index (χ2v) is 3.15. The molecule has 0 aliphatic rings. The highest BCUT2D eigenvalue weighted by Crippen LogP contribution is 2.28. The zero-order chi connectivity index (χ0) is 11.4. The molecule has 0 fully saturated rings. The second kappa shape index (κ2) is 6.07. The molecule has 0 radical (unpaired) electrons. The molecular weight excluding hydrogens is 232 g/mol. The van der Waals surface area contributed by atoms with Gasteiger partial charge < -0.3 is 20.9 Å². The van der Waals surface area contributed by atoms with Crippen LogP contribution in [-0.2, 0) is 4.79 Å². The van der Waals surface area contributed by atoms with Crippen LogP contribution in [0.25, 0.3) is 0 Å². The predicted octanol–water partition coefficient (Wildman–Crippen LogP) is 1.11. The molecule has 0 aliphatic heterocycles. The largest absolute Gasteiger partial charge is 0.506 e. The number of ether oxygens (including phenoxy) is 1. The van der Waals surface area contributed by atoms with Crippen LogP contribution in [0.1, 0.15) is 6.92 Å². The summed E-state index contributed by atoms with van der Waals surface area (Å²) >= 11 is 0. The summed E-state index contributed by atoms with van der Waals surface area (Å²) in [7, 11) is 1.52. The summed E-state index contributed by atoms with van der Waals surface area (Å²) < 4.78 is 4.98. The number of amides is 1. The van der Waals surface area contributed by atoms with Crippen molar-refractivity contribution in [3.63, 3.8) is 0 Å². The van der Waals surface area contributed by atoms with Crippen molar-refractivity contribution in [3.05, 3.63) is 18.2 Å². The van der Waals surface area contributed by atoms with Crippen molar-refractivity contribution in [3.8, 4) is 11.5 Å². The standard InChI is InChI=1S/C10H14N2O3.ClH/c1-6(10(11)14)12-8-5-7(15-2)3-4-9(8)13;/h3-6,12-13H,1-2H3,(H2,11,14);1H/t6-;/m0./s1. The summed E-state index contributed by atoms with van der Waals surface area (Å²) in [5, 5.41) is 12.3. The maximum absolute atomic E-state index is 10.8. The molecule has 1 amide bonds. The van der Waals surface area contributed by atoms with Gasteiger partial charge in [-0.3, -0.25) is 4.79 Å². The fraction of sp³-hybridized carbons (Fsp3) is 0.300. The van der Waals surface area contributed by atoms with Gasteiger partial charge in [0, 0.05) is 6.07 Å². The van der Waals surface area contributed by atoms with Crippen molar-refractivity contribution in [2.24, 2.45) is 5.73 Å². The summed E-state index contributed by atoms with van der Waals surface area (Å²) in [6.07, 6.45) is 0. The molecule has 0 saturated carbocycles. The van der Waals surface area contributed by atoms with Crippen LogP contribution in [0.5, 0.6) is 11.5 Å². The smallest absolute Gasteiger partial charge is 0.239 e. The molecule has 0 saturated heterocycles. The minimum atomic E-state index is -0.553. The third-order valence-corrected chi connectivity index (χ3v) is 2.00. The summed E-state index contributed by atoms with van der Waals surface area (Å²) in [5.41, 5.74) is 5.51. The van der Waals surface area contributed by atoms with Crippen molar-refractivity contribution >= 4 is 24.0 Å². The van der Waals surface area contributed by atoms with Crippen molar-refractivity contribution in [1.29, 1.82) is 0 Å². The van der Waals surface area contributed by atoms with E-state index in [4.69, 9.17) is 10.5 Å². The number of phenols is 1. The SMILES string of the molecule is COc1ccc(O)c(N[C@@H](C)C(N)=O)c1.Cl. The Bertz CT molecular complexity index is 371. The molecule has 5 nitrogen and oxygen atoms in total. The number of halogens is 1. The van der Waals surface area contributed by atoms with Crippen LogP contribution in [-0.4, -0.2) is 24.2 Å². The number of nitrogens with one attached hydrogen (secondary N) is 1. The highest BCUT2D eigenvalue weighted by atomic mass is 35.5. The number of nitrogens with two attached hydrogens (primary N) is 1.